The topological polar surface area (TPSA) is 82.6 Å². The van der Waals surface area contributed by atoms with E-state index in [1.165, 1.54) is 10.5 Å². The number of likely N-dealkylation sites (N-methyl/N-ethyl adjacent to an activating group) is 1. The van der Waals surface area contributed by atoms with E-state index < -0.39 is 10.0 Å². The first-order chi connectivity index (χ1) is 9.93. The molecule has 1 aromatic heterocycles. The van der Waals surface area contributed by atoms with Crippen molar-refractivity contribution in [3.05, 3.63) is 10.7 Å². The first-order valence-electron chi connectivity index (χ1n) is 6.54. The second-order valence-corrected chi connectivity index (χ2v) is 8.34. The number of nitrogens with zero attached hydrogens (tertiary/aromatic N) is 3. The summed E-state index contributed by atoms with van der Waals surface area (Å²) in [5, 5.41) is 2.73. The largest absolute Gasteiger partial charge is 0.355 e. The van der Waals surface area contributed by atoms with Crippen molar-refractivity contribution in [2.24, 2.45) is 0 Å². The van der Waals surface area contributed by atoms with E-state index >= 15 is 0 Å². The van der Waals surface area contributed by atoms with Crippen molar-refractivity contribution >= 4 is 38.9 Å². The maximum Gasteiger partial charge on any atom is 0.254 e. The lowest BCUT2D eigenvalue weighted by molar-refractivity contribution is -0.122. The Bertz CT molecular complexity index is 596. The summed E-state index contributed by atoms with van der Waals surface area (Å²) in [6, 6.07) is 0. The minimum absolute atomic E-state index is 0.0388. The summed E-state index contributed by atoms with van der Waals surface area (Å²) >= 11 is 6.64. The monoisotopic (exact) mass is 352 g/mol. The fourth-order valence-electron chi connectivity index (χ4n) is 2.07. The number of amides is 1. The van der Waals surface area contributed by atoms with Gasteiger partial charge in [0.05, 0.1) is 12.7 Å². The summed E-state index contributed by atoms with van der Waals surface area (Å²) in [7, 11) is -3.53. The number of hydrogen-bond acceptors (Lipinski definition) is 6. The zero-order valence-corrected chi connectivity index (χ0v) is 14.0. The molecule has 0 aromatic carbocycles. The average molecular weight is 353 g/mol. The van der Waals surface area contributed by atoms with Gasteiger partial charge in [0.15, 0.2) is 8.68 Å². The molecule has 1 aliphatic heterocycles. The van der Waals surface area contributed by atoms with Crippen LogP contribution in [-0.2, 0) is 14.8 Å². The van der Waals surface area contributed by atoms with Crippen LogP contribution in [0.4, 0.5) is 0 Å². The third kappa shape index (κ3) is 4.13. The summed E-state index contributed by atoms with van der Waals surface area (Å²) in [5.41, 5.74) is 0. The standard InChI is InChI=1S/C11H17ClN4O3S2/c1-2-13-9(17)8-15-3-5-16(6-4-15)21(18,19)10-7-14-11(12)20-10/h7H,2-6,8H2,1H3,(H,13,17). The molecule has 2 heterocycles. The molecule has 1 saturated heterocycles. The molecule has 0 unspecified atom stereocenters. The van der Waals surface area contributed by atoms with Crippen LogP contribution in [0.15, 0.2) is 10.4 Å². The Labute approximate surface area is 133 Å². The molecule has 1 N–H and O–H groups in total. The van der Waals surface area contributed by atoms with Crippen molar-refractivity contribution in [3.8, 4) is 0 Å². The van der Waals surface area contributed by atoms with Gasteiger partial charge in [-0.15, -0.1) is 0 Å². The van der Waals surface area contributed by atoms with Crippen LogP contribution in [0.25, 0.3) is 0 Å². The molecule has 0 atom stereocenters. The number of aromatic nitrogens is 1. The summed E-state index contributed by atoms with van der Waals surface area (Å²) in [4.78, 5) is 17.2. The Morgan fingerprint density at radius 3 is 2.62 bits per heavy atom. The minimum Gasteiger partial charge on any atom is -0.355 e. The zero-order chi connectivity index (χ0) is 15.5. The number of halogens is 1. The van der Waals surface area contributed by atoms with Gasteiger partial charge in [-0.1, -0.05) is 22.9 Å². The zero-order valence-electron chi connectivity index (χ0n) is 11.6. The van der Waals surface area contributed by atoms with Gasteiger partial charge < -0.3 is 5.32 Å². The van der Waals surface area contributed by atoms with E-state index in [1.54, 1.807) is 0 Å². The Kier molecular flexibility index (Phi) is 5.55. The lowest BCUT2D eigenvalue weighted by Gasteiger charge is -2.33. The Morgan fingerprint density at radius 1 is 1.43 bits per heavy atom. The third-order valence-electron chi connectivity index (χ3n) is 3.12. The number of carbonyl (C=O) groups is 1. The average Bonchev–Trinajstić information content (AvgIpc) is 2.87. The number of rotatable bonds is 5. The number of piperazine rings is 1. The van der Waals surface area contributed by atoms with Crippen LogP contribution in [0.2, 0.25) is 4.47 Å². The van der Waals surface area contributed by atoms with Gasteiger partial charge >= 0.3 is 0 Å². The second kappa shape index (κ2) is 7.01. The fourth-order valence-corrected chi connectivity index (χ4v) is 4.94. The van der Waals surface area contributed by atoms with Crippen molar-refractivity contribution in [1.82, 2.24) is 19.5 Å². The first-order valence-corrected chi connectivity index (χ1v) is 9.17. The van der Waals surface area contributed by atoms with Crippen molar-refractivity contribution in [3.63, 3.8) is 0 Å². The highest BCUT2D eigenvalue weighted by Gasteiger charge is 2.30. The van der Waals surface area contributed by atoms with E-state index in [1.807, 2.05) is 11.8 Å². The van der Waals surface area contributed by atoms with Crippen LogP contribution in [0.1, 0.15) is 6.92 Å². The molecule has 1 aliphatic rings. The van der Waals surface area contributed by atoms with Crippen molar-refractivity contribution in [2.75, 3.05) is 39.3 Å². The van der Waals surface area contributed by atoms with Gasteiger partial charge in [-0.3, -0.25) is 9.69 Å². The van der Waals surface area contributed by atoms with Crippen LogP contribution < -0.4 is 5.32 Å². The van der Waals surface area contributed by atoms with E-state index in [0.717, 1.165) is 11.3 Å². The molecule has 7 nitrogen and oxygen atoms in total. The lowest BCUT2D eigenvalue weighted by atomic mass is 10.3. The predicted octanol–water partition coefficient (Wildman–Crippen LogP) is 0.239. The summed E-state index contributed by atoms with van der Waals surface area (Å²) in [5.74, 6) is -0.0388. The highest BCUT2D eigenvalue weighted by molar-refractivity contribution is 7.91. The van der Waals surface area contributed by atoms with Crippen LogP contribution in [-0.4, -0.2) is 67.8 Å². The Balaban J connectivity index is 1.93. The quantitative estimate of drug-likeness (QED) is 0.820. The van der Waals surface area contributed by atoms with Gasteiger partial charge in [0.2, 0.25) is 5.91 Å². The molecule has 0 saturated carbocycles. The van der Waals surface area contributed by atoms with Gasteiger partial charge in [0.25, 0.3) is 10.0 Å². The van der Waals surface area contributed by atoms with Crippen LogP contribution >= 0.6 is 22.9 Å². The SMILES string of the molecule is CCNC(=O)CN1CCN(S(=O)(=O)c2cnc(Cl)s2)CC1. The van der Waals surface area contributed by atoms with E-state index in [4.69, 9.17) is 11.6 Å². The van der Waals surface area contributed by atoms with E-state index in [-0.39, 0.29) is 14.6 Å². The number of thiazole rings is 1. The van der Waals surface area contributed by atoms with Crippen molar-refractivity contribution < 1.29 is 13.2 Å². The number of sulfonamides is 1. The third-order valence-corrected chi connectivity index (χ3v) is 6.57. The summed E-state index contributed by atoms with van der Waals surface area (Å²) in [6.45, 7) is 4.54. The molecule has 1 aromatic rings. The molecule has 0 radical (unpaired) electrons. The molecular weight excluding hydrogens is 336 g/mol. The Morgan fingerprint density at radius 2 is 2.10 bits per heavy atom. The molecule has 2 rings (SSSR count). The van der Waals surface area contributed by atoms with Crippen LogP contribution in [0.5, 0.6) is 0 Å². The lowest BCUT2D eigenvalue weighted by Crippen LogP contribution is -2.50. The van der Waals surface area contributed by atoms with Crippen LogP contribution in [0, 0.1) is 0 Å². The molecule has 1 amide bonds. The predicted molar refractivity (Wildman–Crippen MR) is 81.0 cm³/mol. The van der Waals surface area contributed by atoms with Gasteiger partial charge in [-0.25, -0.2) is 13.4 Å². The Hall–Kier alpha value is -0.740. The highest BCUT2D eigenvalue weighted by atomic mass is 35.5. The summed E-state index contributed by atoms with van der Waals surface area (Å²) < 4.78 is 26.5. The van der Waals surface area contributed by atoms with E-state index in [0.29, 0.717) is 39.3 Å². The normalized spacial score (nSPS) is 17.8. The smallest absolute Gasteiger partial charge is 0.254 e. The molecule has 118 valence electrons. The second-order valence-electron chi connectivity index (χ2n) is 4.57. The van der Waals surface area contributed by atoms with Gasteiger partial charge in [-0.05, 0) is 6.92 Å². The van der Waals surface area contributed by atoms with Gasteiger partial charge in [0, 0.05) is 32.7 Å². The van der Waals surface area contributed by atoms with Gasteiger partial charge in [0.1, 0.15) is 0 Å². The van der Waals surface area contributed by atoms with Crippen molar-refractivity contribution in [1.29, 1.82) is 0 Å². The minimum atomic E-state index is -3.53. The van der Waals surface area contributed by atoms with E-state index in [2.05, 4.69) is 10.3 Å². The molecule has 1 fully saturated rings. The first kappa shape index (κ1) is 16.6. The molecule has 0 bridgehead atoms. The maximum absolute atomic E-state index is 12.4. The molecule has 10 heteroatoms. The van der Waals surface area contributed by atoms with E-state index in [9.17, 15) is 13.2 Å². The number of carbonyl (C=O) groups excluding carboxylic acids is 1. The fraction of sp³-hybridized carbons (Fsp3) is 0.636. The highest BCUT2D eigenvalue weighted by Crippen LogP contribution is 2.26. The number of nitrogens with one attached hydrogen (secondary N) is 1. The maximum atomic E-state index is 12.4. The van der Waals surface area contributed by atoms with Gasteiger partial charge in [-0.2, -0.15) is 4.31 Å². The molecule has 21 heavy (non-hydrogen) atoms. The molecule has 0 aliphatic carbocycles. The van der Waals surface area contributed by atoms with Crippen LogP contribution in [0.3, 0.4) is 0 Å². The van der Waals surface area contributed by atoms with Crippen molar-refractivity contribution in [2.45, 2.75) is 11.1 Å². The molecular formula is C11H17ClN4O3S2. The number of hydrogen-bond donors (Lipinski definition) is 1. The molecule has 0 spiro atoms. The summed E-state index contributed by atoms with van der Waals surface area (Å²) in [6.07, 6.45) is 1.28.